The van der Waals surface area contributed by atoms with Gasteiger partial charge in [-0.05, 0) is 31.0 Å². The lowest BCUT2D eigenvalue weighted by Crippen LogP contribution is -2.59. The number of piperazine rings is 1. The predicted octanol–water partition coefficient (Wildman–Crippen LogP) is 2.93. The fourth-order valence-corrected chi connectivity index (χ4v) is 2.81. The first-order valence-electron chi connectivity index (χ1n) is 7.00. The molecule has 1 aromatic rings. The van der Waals surface area contributed by atoms with Gasteiger partial charge in [0.2, 0.25) is 0 Å². The first kappa shape index (κ1) is 14.4. The van der Waals surface area contributed by atoms with Gasteiger partial charge in [0.05, 0.1) is 0 Å². The molecule has 0 amide bonds. The van der Waals surface area contributed by atoms with Crippen LogP contribution in [0.25, 0.3) is 0 Å². The first-order chi connectivity index (χ1) is 9.08. The van der Waals surface area contributed by atoms with Crippen LogP contribution in [0.1, 0.15) is 32.3 Å². The Morgan fingerprint density at radius 3 is 2.68 bits per heavy atom. The average molecular weight is 268 g/mol. The summed E-state index contributed by atoms with van der Waals surface area (Å²) in [5, 5.41) is 3.56. The molecule has 1 saturated heterocycles. The average Bonchev–Trinajstić information content (AvgIpc) is 2.43. The van der Waals surface area contributed by atoms with E-state index < -0.39 is 0 Å². The van der Waals surface area contributed by atoms with Crippen LogP contribution >= 0.6 is 0 Å². The Morgan fingerprint density at radius 2 is 2.00 bits per heavy atom. The second kappa shape index (κ2) is 5.97. The van der Waals surface area contributed by atoms with Gasteiger partial charge in [-0.3, -0.25) is 4.90 Å². The summed E-state index contributed by atoms with van der Waals surface area (Å²) in [7, 11) is 0. The number of nitrogens with one attached hydrogen (secondary N) is 1. The van der Waals surface area contributed by atoms with Gasteiger partial charge in [-0.25, -0.2) is 8.78 Å². The van der Waals surface area contributed by atoms with Crippen LogP contribution in [-0.4, -0.2) is 30.1 Å². The summed E-state index contributed by atoms with van der Waals surface area (Å²) in [5.41, 5.74) is 0.560. The van der Waals surface area contributed by atoms with Crippen LogP contribution in [0.2, 0.25) is 0 Å². The van der Waals surface area contributed by atoms with Crippen LogP contribution in [0.5, 0.6) is 0 Å². The van der Waals surface area contributed by atoms with Crippen molar-refractivity contribution in [3.05, 3.63) is 35.4 Å². The summed E-state index contributed by atoms with van der Waals surface area (Å²) in [5.74, 6) is -0.692. The molecule has 4 heteroatoms. The molecule has 1 aliphatic rings. The van der Waals surface area contributed by atoms with E-state index in [1.807, 2.05) is 0 Å². The van der Waals surface area contributed by atoms with E-state index in [0.29, 0.717) is 12.1 Å². The SMILES string of the molecule is CCC1(CC)CN(Cc2cc(F)ccc2F)CCN1. The molecule has 106 valence electrons. The van der Waals surface area contributed by atoms with Crippen molar-refractivity contribution in [2.75, 3.05) is 19.6 Å². The molecule has 1 heterocycles. The van der Waals surface area contributed by atoms with Gasteiger partial charge < -0.3 is 5.32 Å². The number of hydrogen-bond acceptors (Lipinski definition) is 2. The zero-order chi connectivity index (χ0) is 13.9. The highest BCUT2D eigenvalue weighted by atomic mass is 19.1. The quantitative estimate of drug-likeness (QED) is 0.903. The molecule has 0 saturated carbocycles. The lowest BCUT2D eigenvalue weighted by molar-refractivity contribution is 0.117. The van der Waals surface area contributed by atoms with Crippen LogP contribution in [0.4, 0.5) is 8.78 Å². The van der Waals surface area contributed by atoms with Crippen molar-refractivity contribution in [1.82, 2.24) is 10.2 Å². The van der Waals surface area contributed by atoms with Gasteiger partial charge in [0.15, 0.2) is 0 Å². The van der Waals surface area contributed by atoms with Crippen LogP contribution in [0.15, 0.2) is 18.2 Å². The highest BCUT2D eigenvalue weighted by molar-refractivity contribution is 5.19. The van der Waals surface area contributed by atoms with Crippen LogP contribution in [0, 0.1) is 11.6 Å². The maximum atomic E-state index is 13.7. The summed E-state index contributed by atoms with van der Waals surface area (Å²) in [6, 6.07) is 3.68. The number of rotatable bonds is 4. The van der Waals surface area contributed by atoms with Crippen LogP contribution in [-0.2, 0) is 6.54 Å². The monoisotopic (exact) mass is 268 g/mol. The van der Waals surface area contributed by atoms with Crippen molar-refractivity contribution in [3.8, 4) is 0 Å². The minimum atomic E-state index is -0.371. The number of benzene rings is 1. The smallest absolute Gasteiger partial charge is 0.127 e. The van der Waals surface area contributed by atoms with Gasteiger partial charge in [0.1, 0.15) is 11.6 Å². The van der Waals surface area contributed by atoms with E-state index in [-0.39, 0.29) is 17.2 Å². The number of halogens is 2. The van der Waals surface area contributed by atoms with E-state index in [9.17, 15) is 8.78 Å². The molecule has 0 spiro atoms. The van der Waals surface area contributed by atoms with Crippen molar-refractivity contribution in [2.45, 2.75) is 38.8 Å². The van der Waals surface area contributed by atoms with E-state index in [0.717, 1.165) is 32.5 Å². The van der Waals surface area contributed by atoms with Gasteiger partial charge in [-0.1, -0.05) is 13.8 Å². The third kappa shape index (κ3) is 3.31. The van der Waals surface area contributed by atoms with Crippen molar-refractivity contribution in [3.63, 3.8) is 0 Å². The first-order valence-corrected chi connectivity index (χ1v) is 7.00. The maximum absolute atomic E-state index is 13.7. The molecule has 19 heavy (non-hydrogen) atoms. The molecule has 0 aliphatic carbocycles. The minimum Gasteiger partial charge on any atom is -0.309 e. The van der Waals surface area contributed by atoms with Gasteiger partial charge in [0, 0.05) is 37.3 Å². The largest absolute Gasteiger partial charge is 0.309 e. The van der Waals surface area contributed by atoms with Gasteiger partial charge >= 0.3 is 0 Å². The molecule has 0 aromatic heterocycles. The van der Waals surface area contributed by atoms with E-state index in [2.05, 4.69) is 24.1 Å². The third-order valence-corrected chi connectivity index (χ3v) is 4.21. The summed E-state index contributed by atoms with van der Waals surface area (Å²) in [4.78, 5) is 2.21. The summed E-state index contributed by atoms with van der Waals surface area (Å²) in [6.07, 6.45) is 2.09. The standard InChI is InChI=1S/C15H22F2N2/c1-3-15(4-2)11-19(8-7-18-15)10-12-9-13(16)5-6-14(12)17/h5-6,9,18H,3-4,7-8,10-11H2,1-2H3. The van der Waals surface area contributed by atoms with Crippen molar-refractivity contribution in [2.24, 2.45) is 0 Å². The zero-order valence-corrected chi connectivity index (χ0v) is 11.7. The van der Waals surface area contributed by atoms with Crippen LogP contribution < -0.4 is 5.32 Å². The van der Waals surface area contributed by atoms with Crippen molar-refractivity contribution >= 4 is 0 Å². The van der Waals surface area contributed by atoms with E-state index >= 15 is 0 Å². The Labute approximate surface area is 113 Å². The van der Waals surface area contributed by atoms with E-state index in [1.165, 1.54) is 18.2 Å². The fourth-order valence-electron chi connectivity index (χ4n) is 2.81. The number of hydrogen-bond donors (Lipinski definition) is 1. The number of nitrogens with zero attached hydrogens (tertiary/aromatic N) is 1. The fraction of sp³-hybridized carbons (Fsp3) is 0.600. The Hall–Kier alpha value is -1.00. The molecule has 2 nitrogen and oxygen atoms in total. The zero-order valence-electron chi connectivity index (χ0n) is 11.7. The molecule has 1 N–H and O–H groups in total. The molecule has 1 fully saturated rings. The Kier molecular flexibility index (Phi) is 4.53. The summed E-state index contributed by atoms with van der Waals surface area (Å²) < 4.78 is 26.9. The third-order valence-electron chi connectivity index (χ3n) is 4.21. The minimum absolute atomic E-state index is 0.113. The van der Waals surface area contributed by atoms with Gasteiger partial charge in [-0.15, -0.1) is 0 Å². The second-order valence-electron chi connectivity index (χ2n) is 5.36. The molecule has 2 rings (SSSR count). The molecule has 0 atom stereocenters. The van der Waals surface area contributed by atoms with Gasteiger partial charge in [0.25, 0.3) is 0 Å². The molecule has 0 radical (unpaired) electrons. The van der Waals surface area contributed by atoms with Crippen molar-refractivity contribution < 1.29 is 8.78 Å². The Balaban J connectivity index is 2.08. The predicted molar refractivity (Wildman–Crippen MR) is 73.0 cm³/mol. The summed E-state index contributed by atoms with van der Waals surface area (Å²) >= 11 is 0. The molecule has 0 unspecified atom stereocenters. The van der Waals surface area contributed by atoms with Crippen molar-refractivity contribution in [1.29, 1.82) is 0 Å². The topological polar surface area (TPSA) is 15.3 Å². The highest BCUT2D eigenvalue weighted by Gasteiger charge is 2.31. The molecular formula is C15H22F2N2. The lowest BCUT2D eigenvalue weighted by atomic mass is 9.90. The van der Waals surface area contributed by atoms with Gasteiger partial charge in [-0.2, -0.15) is 0 Å². The highest BCUT2D eigenvalue weighted by Crippen LogP contribution is 2.22. The second-order valence-corrected chi connectivity index (χ2v) is 5.36. The Morgan fingerprint density at radius 1 is 1.26 bits per heavy atom. The molecule has 1 aliphatic heterocycles. The Bertz CT molecular complexity index is 430. The normalized spacial score (nSPS) is 19.6. The van der Waals surface area contributed by atoms with E-state index in [4.69, 9.17) is 0 Å². The molecule has 0 bridgehead atoms. The summed E-state index contributed by atoms with van der Waals surface area (Å²) in [6.45, 7) is 7.48. The van der Waals surface area contributed by atoms with Crippen LogP contribution in [0.3, 0.4) is 0 Å². The van der Waals surface area contributed by atoms with E-state index in [1.54, 1.807) is 0 Å². The molecule has 1 aromatic carbocycles. The molecular weight excluding hydrogens is 246 g/mol. The maximum Gasteiger partial charge on any atom is 0.127 e. The lowest BCUT2D eigenvalue weighted by Gasteiger charge is -2.43.